The molecule has 1 N–H and O–H groups in total. The van der Waals surface area contributed by atoms with Crippen LogP contribution >= 0.6 is 0 Å². The fraction of sp³-hybridized carbons (Fsp3) is 0.125. The first-order chi connectivity index (χ1) is 11.7. The van der Waals surface area contributed by atoms with Gasteiger partial charge in [-0.05, 0) is 25.1 Å². The van der Waals surface area contributed by atoms with Crippen molar-refractivity contribution in [3.8, 4) is 17.5 Å². The lowest BCUT2D eigenvalue weighted by molar-refractivity contribution is -0.118. The van der Waals surface area contributed by atoms with Crippen molar-refractivity contribution >= 4 is 11.7 Å². The van der Waals surface area contributed by atoms with Crippen LogP contribution in [0.2, 0.25) is 0 Å². The Morgan fingerprint density at radius 2 is 1.96 bits per heavy atom. The molecule has 8 heteroatoms. The van der Waals surface area contributed by atoms with Crippen molar-refractivity contribution in [3.63, 3.8) is 0 Å². The standard InChI is InChI=1S/C16H14N4O4/c1-11-8-14(20-24-11)19-15(21)10-22-12-4-2-5-13(9-12)23-16-17-6-3-7-18-16/h2-9H,10H2,1H3,(H,19,20,21). The van der Waals surface area contributed by atoms with Crippen molar-refractivity contribution in [3.05, 3.63) is 54.6 Å². The Balaban J connectivity index is 1.55. The molecular formula is C16H14N4O4. The number of nitrogens with one attached hydrogen (secondary N) is 1. The Morgan fingerprint density at radius 3 is 2.71 bits per heavy atom. The van der Waals surface area contributed by atoms with E-state index in [4.69, 9.17) is 14.0 Å². The lowest BCUT2D eigenvalue weighted by atomic mass is 10.3. The summed E-state index contributed by atoms with van der Waals surface area (Å²) >= 11 is 0. The quantitative estimate of drug-likeness (QED) is 0.743. The monoisotopic (exact) mass is 326 g/mol. The van der Waals surface area contributed by atoms with Crippen LogP contribution in [0.3, 0.4) is 0 Å². The number of carbonyl (C=O) groups excluding carboxylic acids is 1. The number of carbonyl (C=O) groups is 1. The summed E-state index contributed by atoms with van der Waals surface area (Å²) in [5.74, 6) is 1.60. The highest BCUT2D eigenvalue weighted by molar-refractivity contribution is 5.90. The minimum absolute atomic E-state index is 0.169. The lowest BCUT2D eigenvalue weighted by Gasteiger charge is -2.08. The number of aryl methyl sites for hydroxylation is 1. The van der Waals surface area contributed by atoms with Gasteiger partial charge in [0.25, 0.3) is 5.91 Å². The molecule has 8 nitrogen and oxygen atoms in total. The Kier molecular flexibility index (Phi) is 4.66. The lowest BCUT2D eigenvalue weighted by Crippen LogP contribution is -2.20. The van der Waals surface area contributed by atoms with Crippen LogP contribution in [0, 0.1) is 6.92 Å². The summed E-state index contributed by atoms with van der Waals surface area (Å²) in [6, 6.07) is 10.4. The number of nitrogens with zero attached hydrogens (tertiary/aromatic N) is 3. The van der Waals surface area contributed by atoms with Crippen molar-refractivity contribution in [2.24, 2.45) is 0 Å². The normalized spacial score (nSPS) is 10.2. The van der Waals surface area contributed by atoms with Gasteiger partial charge in [-0.2, -0.15) is 0 Å². The first kappa shape index (κ1) is 15.5. The van der Waals surface area contributed by atoms with Crippen molar-refractivity contribution in [2.75, 3.05) is 11.9 Å². The molecule has 24 heavy (non-hydrogen) atoms. The second kappa shape index (κ2) is 7.23. The molecule has 0 atom stereocenters. The van der Waals surface area contributed by atoms with E-state index in [2.05, 4.69) is 20.4 Å². The van der Waals surface area contributed by atoms with E-state index in [1.165, 1.54) is 0 Å². The molecule has 1 amide bonds. The summed E-state index contributed by atoms with van der Waals surface area (Å²) in [5, 5.41) is 6.24. The molecule has 0 unspecified atom stereocenters. The topological polar surface area (TPSA) is 99.4 Å². The smallest absolute Gasteiger partial charge is 0.321 e. The van der Waals surface area contributed by atoms with Gasteiger partial charge < -0.3 is 19.3 Å². The van der Waals surface area contributed by atoms with Gasteiger partial charge in [0, 0.05) is 24.5 Å². The van der Waals surface area contributed by atoms with Gasteiger partial charge in [0.05, 0.1) is 0 Å². The van der Waals surface area contributed by atoms with E-state index in [9.17, 15) is 4.79 Å². The summed E-state index contributed by atoms with van der Waals surface area (Å²) in [7, 11) is 0. The fourth-order valence-electron chi connectivity index (χ4n) is 1.82. The summed E-state index contributed by atoms with van der Waals surface area (Å²) in [5.41, 5.74) is 0. The Bertz CT molecular complexity index is 820. The van der Waals surface area contributed by atoms with E-state index in [-0.39, 0.29) is 18.5 Å². The summed E-state index contributed by atoms with van der Waals surface area (Å²) in [4.78, 5) is 19.7. The number of benzene rings is 1. The van der Waals surface area contributed by atoms with Crippen molar-refractivity contribution in [1.82, 2.24) is 15.1 Å². The minimum atomic E-state index is -0.346. The van der Waals surface area contributed by atoms with Crippen LogP contribution in [0.1, 0.15) is 5.76 Å². The predicted molar refractivity (Wildman–Crippen MR) is 83.9 cm³/mol. The third kappa shape index (κ3) is 4.29. The molecule has 0 saturated carbocycles. The third-order valence-electron chi connectivity index (χ3n) is 2.82. The number of aromatic nitrogens is 3. The fourth-order valence-corrected chi connectivity index (χ4v) is 1.82. The molecule has 2 heterocycles. The maximum absolute atomic E-state index is 11.8. The molecule has 0 saturated heterocycles. The number of rotatable bonds is 6. The molecule has 2 aromatic heterocycles. The molecule has 0 spiro atoms. The maximum Gasteiger partial charge on any atom is 0.321 e. The van der Waals surface area contributed by atoms with Gasteiger partial charge in [-0.1, -0.05) is 11.2 Å². The Morgan fingerprint density at radius 1 is 1.17 bits per heavy atom. The largest absolute Gasteiger partial charge is 0.484 e. The number of ether oxygens (including phenoxy) is 2. The molecule has 0 fully saturated rings. The Hall–Kier alpha value is -3.42. The van der Waals surface area contributed by atoms with E-state index in [0.717, 1.165) is 0 Å². The molecule has 0 aliphatic rings. The van der Waals surface area contributed by atoms with Crippen LogP contribution in [0.4, 0.5) is 5.82 Å². The molecule has 3 aromatic rings. The second-order valence-electron chi connectivity index (χ2n) is 4.77. The van der Waals surface area contributed by atoms with Crippen LogP contribution in [0.25, 0.3) is 0 Å². The van der Waals surface area contributed by atoms with E-state index in [1.54, 1.807) is 55.7 Å². The first-order valence-corrected chi connectivity index (χ1v) is 7.10. The molecule has 0 radical (unpaired) electrons. The van der Waals surface area contributed by atoms with Gasteiger partial charge in [0.15, 0.2) is 12.4 Å². The highest BCUT2D eigenvalue weighted by Gasteiger charge is 2.08. The van der Waals surface area contributed by atoms with Crippen LogP contribution in [-0.4, -0.2) is 27.6 Å². The zero-order valence-electron chi connectivity index (χ0n) is 12.8. The number of amides is 1. The summed E-state index contributed by atoms with van der Waals surface area (Å²) < 4.78 is 15.8. The van der Waals surface area contributed by atoms with Gasteiger partial charge in [-0.25, -0.2) is 9.97 Å². The molecule has 0 bridgehead atoms. The summed E-state index contributed by atoms with van der Waals surface area (Å²) in [6.07, 6.45) is 3.16. The molecule has 3 rings (SSSR count). The maximum atomic E-state index is 11.8. The number of hydrogen-bond acceptors (Lipinski definition) is 7. The van der Waals surface area contributed by atoms with Crippen molar-refractivity contribution in [1.29, 1.82) is 0 Å². The van der Waals surface area contributed by atoms with E-state index >= 15 is 0 Å². The first-order valence-electron chi connectivity index (χ1n) is 7.10. The van der Waals surface area contributed by atoms with Crippen LogP contribution < -0.4 is 14.8 Å². The SMILES string of the molecule is Cc1cc(NC(=O)COc2cccc(Oc3ncccn3)c2)no1. The number of hydrogen-bond donors (Lipinski definition) is 1. The van der Waals surface area contributed by atoms with E-state index in [1.807, 2.05) is 0 Å². The van der Waals surface area contributed by atoms with Crippen LogP contribution in [0.5, 0.6) is 17.5 Å². The van der Waals surface area contributed by atoms with Crippen LogP contribution in [0.15, 0.2) is 53.3 Å². The summed E-state index contributed by atoms with van der Waals surface area (Å²) in [6.45, 7) is 1.57. The predicted octanol–water partition coefficient (Wildman–Crippen LogP) is 2.58. The third-order valence-corrected chi connectivity index (χ3v) is 2.82. The van der Waals surface area contributed by atoms with E-state index in [0.29, 0.717) is 23.1 Å². The van der Waals surface area contributed by atoms with Gasteiger partial charge in [0.1, 0.15) is 17.3 Å². The number of anilines is 1. The molecule has 0 aliphatic heterocycles. The van der Waals surface area contributed by atoms with Gasteiger partial charge in [-0.15, -0.1) is 0 Å². The van der Waals surface area contributed by atoms with Crippen molar-refractivity contribution < 1.29 is 18.8 Å². The molecule has 122 valence electrons. The highest BCUT2D eigenvalue weighted by atomic mass is 16.5. The average molecular weight is 326 g/mol. The van der Waals surface area contributed by atoms with Gasteiger partial charge in [-0.3, -0.25) is 4.79 Å². The van der Waals surface area contributed by atoms with E-state index < -0.39 is 0 Å². The second-order valence-corrected chi connectivity index (χ2v) is 4.77. The zero-order valence-corrected chi connectivity index (χ0v) is 12.8. The van der Waals surface area contributed by atoms with Crippen molar-refractivity contribution in [2.45, 2.75) is 6.92 Å². The zero-order chi connectivity index (χ0) is 16.8. The molecular weight excluding hydrogens is 312 g/mol. The van der Waals surface area contributed by atoms with Crippen LogP contribution in [-0.2, 0) is 4.79 Å². The highest BCUT2D eigenvalue weighted by Crippen LogP contribution is 2.22. The van der Waals surface area contributed by atoms with Gasteiger partial charge >= 0.3 is 6.01 Å². The minimum Gasteiger partial charge on any atom is -0.484 e. The average Bonchev–Trinajstić information content (AvgIpc) is 2.99. The molecule has 0 aliphatic carbocycles. The van der Waals surface area contributed by atoms with Gasteiger partial charge in [0.2, 0.25) is 0 Å². The Labute approximate surface area is 137 Å². The molecule has 1 aromatic carbocycles.